The maximum atomic E-state index is 12.7. The summed E-state index contributed by atoms with van der Waals surface area (Å²) in [6.45, 7) is 3.34. The molecule has 4 N–H and O–H groups in total. The van der Waals surface area contributed by atoms with Crippen LogP contribution >= 0.6 is 0 Å². The summed E-state index contributed by atoms with van der Waals surface area (Å²) in [6.07, 6.45) is 1.91. The van der Waals surface area contributed by atoms with Crippen molar-refractivity contribution in [3.8, 4) is 5.75 Å². The second-order valence-corrected chi connectivity index (χ2v) is 9.72. The molecule has 0 saturated heterocycles. The van der Waals surface area contributed by atoms with E-state index < -0.39 is 35.4 Å². The number of hydrogen-bond donors (Lipinski definition) is 4. The maximum Gasteiger partial charge on any atom is 0.360 e. The smallest absolute Gasteiger partial charge is 0.360 e. The van der Waals surface area contributed by atoms with Gasteiger partial charge >= 0.3 is 23.5 Å². The molecule has 1 aliphatic rings. The largest absolute Gasteiger partial charge is 0.496 e. The summed E-state index contributed by atoms with van der Waals surface area (Å²) >= 11 is 0. The van der Waals surface area contributed by atoms with Crippen LogP contribution in [0.15, 0.2) is 78.9 Å². The van der Waals surface area contributed by atoms with Gasteiger partial charge in [0.1, 0.15) is 5.75 Å². The predicted octanol–water partition coefficient (Wildman–Crippen LogP) is 3.55. The van der Waals surface area contributed by atoms with Crippen molar-refractivity contribution in [2.45, 2.75) is 50.4 Å². The minimum Gasteiger partial charge on any atom is -0.496 e. The number of benzene rings is 3. The van der Waals surface area contributed by atoms with E-state index in [0.717, 1.165) is 25.1 Å². The Balaban J connectivity index is 0.000000258. The van der Waals surface area contributed by atoms with Crippen molar-refractivity contribution in [1.29, 1.82) is 0 Å². The average Bonchev–Trinajstić information content (AvgIpc) is 3.02. The minimum atomic E-state index is -3.35. The Morgan fingerprint density at radius 1 is 0.929 bits per heavy atom. The van der Waals surface area contributed by atoms with E-state index in [1.165, 1.54) is 72.5 Å². The molecule has 0 saturated carbocycles. The van der Waals surface area contributed by atoms with Crippen LogP contribution in [0, 0.1) is 0 Å². The van der Waals surface area contributed by atoms with Crippen molar-refractivity contribution in [1.82, 2.24) is 5.32 Å². The Bertz CT molecular complexity index is 1380. The molecule has 0 heterocycles. The van der Waals surface area contributed by atoms with Gasteiger partial charge in [-0.25, -0.2) is 14.4 Å². The van der Waals surface area contributed by atoms with E-state index in [4.69, 9.17) is 14.6 Å². The molecule has 10 nitrogen and oxygen atoms in total. The second kappa shape index (κ2) is 14.9. The van der Waals surface area contributed by atoms with Crippen LogP contribution in [-0.2, 0) is 27.2 Å². The van der Waals surface area contributed by atoms with E-state index in [2.05, 4.69) is 30.4 Å². The molecule has 1 aliphatic carbocycles. The fourth-order valence-corrected chi connectivity index (χ4v) is 4.73. The molecule has 0 aromatic heterocycles. The highest BCUT2D eigenvalue weighted by atomic mass is 16.6. The molecule has 4 rings (SSSR count). The van der Waals surface area contributed by atoms with Crippen LogP contribution < -0.4 is 10.1 Å². The third kappa shape index (κ3) is 7.39. The van der Waals surface area contributed by atoms with Crippen molar-refractivity contribution in [2.24, 2.45) is 0 Å². The van der Waals surface area contributed by atoms with Crippen LogP contribution in [0.1, 0.15) is 51.6 Å². The molecule has 3 aromatic rings. The van der Waals surface area contributed by atoms with Crippen molar-refractivity contribution in [2.75, 3.05) is 13.7 Å². The number of aliphatic hydroxyl groups is 1. The quantitative estimate of drug-likeness (QED) is 0.151. The number of ether oxygens (including phenoxy) is 2. The third-order valence-electron chi connectivity index (χ3n) is 6.92. The molecule has 3 atom stereocenters. The lowest BCUT2D eigenvalue weighted by molar-refractivity contribution is -0.176. The Kier molecular flexibility index (Phi) is 11.3. The number of hydrogen-bond acceptors (Lipinski definition) is 8. The highest BCUT2D eigenvalue weighted by Crippen LogP contribution is 2.29. The summed E-state index contributed by atoms with van der Waals surface area (Å²) in [7, 11) is 1.76. The molecule has 0 bridgehead atoms. The Hall–Kier alpha value is -4.54. The first-order valence-corrected chi connectivity index (χ1v) is 13.6. The summed E-state index contributed by atoms with van der Waals surface area (Å²) in [4.78, 5) is 48.1. The highest BCUT2D eigenvalue weighted by Gasteiger charge is 2.59. The number of fused-ring (bicyclic) bond motifs is 1. The number of methoxy groups -OCH3 is 1. The fourth-order valence-electron chi connectivity index (χ4n) is 4.73. The zero-order valence-electron chi connectivity index (χ0n) is 23.5. The van der Waals surface area contributed by atoms with Crippen molar-refractivity contribution >= 4 is 23.7 Å². The molecule has 0 radical (unpaired) electrons. The molecule has 0 fully saturated rings. The minimum absolute atomic E-state index is 0.114. The molecular formula is C32H35NO9. The molecule has 0 spiro atoms. The molecule has 0 amide bonds. The van der Waals surface area contributed by atoms with Gasteiger partial charge in [-0.05, 0) is 61.6 Å². The summed E-state index contributed by atoms with van der Waals surface area (Å²) in [5.41, 5.74) is -0.827. The Morgan fingerprint density at radius 3 is 2.10 bits per heavy atom. The first-order valence-electron chi connectivity index (χ1n) is 13.6. The number of rotatable bonds is 11. The van der Waals surface area contributed by atoms with Gasteiger partial charge in [-0.3, -0.25) is 4.79 Å². The number of carboxylic acids is 2. The van der Waals surface area contributed by atoms with E-state index in [1.807, 2.05) is 0 Å². The molecule has 0 unspecified atom stereocenters. The zero-order chi connectivity index (χ0) is 30.7. The maximum absolute atomic E-state index is 12.7. The van der Waals surface area contributed by atoms with Gasteiger partial charge in [0.15, 0.2) is 0 Å². The zero-order valence-corrected chi connectivity index (χ0v) is 23.5. The lowest BCUT2D eigenvalue weighted by Gasteiger charge is -2.30. The number of carbonyl (C=O) groups excluding carboxylic acids is 2. The van der Waals surface area contributed by atoms with Crippen molar-refractivity contribution < 1.29 is 44.0 Å². The van der Waals surface area contributed by atoms with E-state index in [0.29, 0.717) is 6.04 Å². The highest BCUT2D eigenvalue weighted by molar-refractivity contribution is 6.19. The van der Waals surface area contributed by atoms with Gasteiger partial charge in [-0.2, -0.15) is 0 Å². The number of aliphatic hydroxyl groups excluding tert-OH is 1. The number of ketones is 1. The summed E-state index contributed by atoms with van der Waals surface area (Å²) < 4.78 is 10.2. The molecule has 222 valence electrons. The number of carbonyl (C=O) groups is 4. The SMILES string of the molecule is CCCN[C@H]1CCc2c(cccc2OC)C1.O=C(O[C@](C(=O)O)(C(=O)c1ccccc1)[C@@H](O)C(=O)O)c1ccccc1. The van der Waals surface area contributed by atoms with E-state index in [-0.39, 0.29) is 11.1 Å². The summed E-state index contributed by atoms with van der Waals surface area (Å²) in [6, 6.07) is 20.9. The Morgan fingerprint density at radius 2 is 1.55 bits per heavy atom. The van der Waals surface area contributed by atoms with E-state index in [9.17, 15) is 29.4 Å². The van der Waals surface area contributed by atoms with Crippen LogP contribution in [0.2, 0.25) is 0 Å². The van der Waals surface area contributed by atoms with Crippen LogP contribution in [0.3, 0.4) is 0 Å². The first kappa shape index (κ1) is 32.0. The monoisotopic (exact) mass is 577 g/mol. The van der Waals surface area contributed by atoms with Crippen molar-refractivity contribution in [3.05, 3.63) is 101 Å². The van der Waals surface area contributed by atoms with Gasteiger partial charge in [0, 0.05) is 11.6 Å². The molecular weight excluding hydrogens is 542 g/mol. The number of nitrogens with one attached hydrogen (secondary N) is 1. The topological polar surface area (TPSA) is 159 Å². The second-order valence-electron chi connectivity index (χ2n) is 9.72. The van der Waals surface area contributed by atoms with Gasteiger partial charge < -0.3 is 30.1 Å². The number of esters is 1. The standard InChI is InChI=1S/C18H14O8.C14H21NO/c19-13(11-7-3-1-4-8-11)18(17(24)25,14(20)15(21)22)26-16(23)12-9-5-2-6-10-12;1-3-9-15-12-7-8-13-11(10-12)5-4-6-14(13)16-2/h1-10,14,20H,(H,21,22)(H,24,25);4-6,12,15H,3,7-10H2,1-2H3/t14-,18+;12-/m00/s1. The number of carboxylic acid groups (broad SMARTS) is 2. The lowest BCUT2D eigenvalue weighted by Crippen LogP contribution is -2.61. The van der Waals surface area contributed by atoms with E-state index in [1.54, 1.807) is 19.2 Å². The summed E-state index contributed by atoms with van der Waals surface area (Å²) in [5.74, 6) is -5.71. The van der Waals surface area contributed by atoms with Gasteiger partial charge in [-0.15, -0.1) is 0 Å². The van der Waals surface area contributed by atoms with E-state index >= 15 is 0 Å². The van der Waals surface area contributed by atoms with Crippen LogP contribution in [0.25, 0.3) is 0 Å². The lowest BCUT2D eigenvalue weighted by atomic mass is 9.87. The molecule has 0 aliphatic heterocycles. The molecule has 10 heteroatoms. The number of aliphatic carboxylic acids is 2. The first-order chi connectivity index (χ1) is 20.1. The summed E-state index contributed by atoms with van der Waals surface area (Å²) in [5, 5.41) is 32.2. The van der Waals surface area contributed by atoms with Gasteiger partial charge in [-0.1, -0.05) is 67.6 Å². The predicted molar refractivity (Wildman–Crippen MR) is 154 cm³/mol. The van der Waals surface area contributed by atoms with Crippen LogP contribution in [-0.4, -0.2) is 70.4 Å². The molecule has 42 heavy (non-hydrogen) atoms. The molecule has 3 aromatic carbocycles. The normalized spacial score (nSPS) is 15.9. The fraction of sp³-hybridized carbons (Fsp3) is 0.312. The van der Waals surface area contributed by atoms with Gasteiger partial charge in [0.2, 0.25) is 11.9 Å². The average molecular weight is 578 g/mol. The third-order valence-corrected chi connectivity index (χ3v) is 6.92. The van der Waals surface area contributed by atoms with Gasteiger partial charge in [0.05, 0.1) is 12.7 Å². The van der Waals surface area contributed by atoms with Crippen molar-refractivity contribution in [3.63, 3.8) is 0 Å². The Labute approximate surface area is 243 Å². The van der Waals surface area contributed by atoms with Crippen LogP contribution in [0.4, 0.5) is 0 Å². The van der Waals surface area contributed by atoms with Crippen LogP contribution in [0.5, 0.6) is 5.75 Å². The van der Waals surface area contributed by atoms with Gasteiger partial charge in [0.25, 0.3) is 0 Å². The number of Topliss-reactive ketones (excluding diaryl/α,β-unsaturated/α-hetero) is 1.